The highest BCUT2D eigenvalue weighted by atomic mass is 32.2. The highest BCUT2D eigenvalue weighted by molar-refractivity contribution is 7.98. The fraction of sp³-hybridized carbons (Fsp3) is 0.333. The van der Waals surface area contributed by atoms with E-state index in [2.05, 4.69) is 11.1 Å². The normalized spacial score (nSPS) is 11.4. The molecule has 0 aliphatic heterocycles. The summed E-state index contributed by atoms with van der Waals surface area (Å²) in [6.07, 6.45) is -3.56. The van der Waals surface area contributed by atoms with Gasteiger partial charge in [-0.25, -0.2) is 4.98 Å². The summed E-state index contributed by atoms with van der Waals surface area (Å²) in [5.41, 5.74) is 3.21. The molecule has 0 bridgehead atoms. The smallest absolute Gasteiger partial charge is 0.245 e. The average molecular weight is 350 g/mol. The molecular weight excluding hydrogens is 333 g/mol. The zero-order chi connectivity index (χ0) is 17.9. The summed E-state index contributed by atoms with van der Waals surface area (Å²) >= 11 is 1.29. The summed E-state index contributed by atoms with van der Waals surface area (Å²) in [7, 11) is 0. The third kappa shape index (κ3) is 3.90. The summed E-state index contributed by atoms with van der Waals surface area (Å²) in [6.45, 7) is 5.79. The van der Waals surface area contributed by atoms with Gasteiger partial charge in [-0.1, -0.05) is 25.1 Å². The van der Waals surface area contributed by atoms with Gasteiger partial charge in [0.2, 0.25) is 0 Å². The SMILES string of the molecule is CCc1c(C)nc(SCc2cccc(C(F)(F)F)c2)c(C#N)c1C. The van der Waals surface area contributed by atoms with E-state index in [0.29, 0.717) is 21.9 Å². The molecule has 0 saturated carbocycles. The third-order valence-electron chi connectivity index (χ3n) is 3.84. The van der Waals surface area contributed by atoms with Crippen LogP contribution in [0.15, 0.2) is 29.3 Å². The molecule has 0 amide bonds. The van der Waals surface area contributed by atoms with Crippen LogP contribution >= 0.6 is 11.8 Å². The van der Waals surface area contributed by atoms with Crippen molar-refractivity contribution >= 4 is 11.8 Å². The van der Waals surface area contributed by atoms with Crippen LogP contribution < -0.4 is 0 Å². The van der Waals surface area contributed by atoms with Gasteiger partial charge in [0.15, 0.2) is 0 Å². The summed E-state index contributed by atoms with van der Waals surface area (Å²) < 4.78 is 38.3. The van der Waals surface area contributed by atoms with Crippen molar-refractivity contribution < 1.29 is 13.2 Å². The molecule has 0 N–H and O–H groups in total. The first kappa shape index (κ1) is 18.3. The quantitative estimate of drug-likeness (QED) is 0.689. The van der Waals surface area contributed by atoms with E-state index in [1.54, 1.807) is 6.07 Å². The van der Waals surface area contributed by atoms with E-state index in [-0.39, 0.29) is 0 Å². The molecule has 1 aromatic heterocycles. The number of hydrogen-bond donors (Lipinski definition) is 0. The zero-order valence-electron chi connectivity index (χ0n) is 13.7. The lowest BCUT2D eigenvalue weighted by Crippen LogP contribution is -2.05. The third-order valence-corrected chi connectivity index (χ3v) is 4.89. The Morgan fingerprint density at radius 3 is 2.54 bits per heavy atom. The van der Waals surface area contributed by atoms with Gasteiger partial charge in [-0.15, -0.1) is 11.8 Å². The van der Waals surface area contributed by atoms with Gasteiger partial charge in [-0.3, -0.25) is 0 Å². The summed E-state index contributed by atoms with van der Waals surface area (Å²) in [5, 5.41) is 9.98. The molecule has 0 saturated heterocycles. The van der Waals surface area contributed by atoms with E-state index in [0.717, 1.165) is 35.4 Å². The number of thioether (sulfide) groups is 1. The van der Waals surface area contributed by atoms with Crippen molar-refractivity contribution in [2.75, 3.05) is 0 Å². The number of pyridine rings is 1. The maximum atomic E-state index is 12.8. The number of rotatable bonds is 4. The zero-order valence-corrected chi connectivity index (χ0v) is 14.5. The Morgan fingerprint density at radius 1 is 1.25 bits per heavy atom. The molecular formula is C18H17F3N2S. The van der Waals surface area contributed by atoms with Crippen molar-refractivity contribution in [3.05, 3.63) is 57.8 Å². The first-order chi connectivity index (χ1) is 11.3. The largest absolute Gasteiger partial charge is 0.416 e. The molecule has 0 fully saturated rings. The fourth-order valence-electron chi connectivity index (χ4n) is 2.60. The van der Waals surface area contributed by atoms with Gasteiger partial charge in [0.25, 0.3) is 0 Å². The van der Waals surface area contributed by atoms with Crippen molar-refractivity contribution in [2.45, 2.75) is 44.1 Å². The number of nitrogens with zero attached hydrogens (tertiary/aromatic N) is 2. The summed E-state index contributed by atoms with van der Waals surface area (Å²) in [4.78, 5) is 4.48. The number of halogens is 3. The highest BCUT2D eigenvalue weighted by Crippen LogP contribution is 2.32. The molecule has 1 aromatic carbocycles. The van der Waals surface area contributed by atoms with Crippen molar-refractivity contribution in [1.29, 1.82) is 5.26 Å². The van der Waals surface area contributed by atoms with Gasteiger partial charge in [0.05, 0.1) is 11.1 Å². The van der Waals surface area contributed by atoms with Gasteiger partial charge in [0, 0.05) is 11.4 Å². The molecule has 2 nitrogen and oxygen atoms in total. The Kier molecular flexibility index (Phi) is 5.55. The minimum absolute atomic E-state index is 0.329. The predicted molar refractivity (Wildman–Crippen MR) is 88.8 cm³/mol. The van der Waals surface area contributed by atoms with E-state index in [9.17, 15) is 18.4 Å². The Bertz CT molecular complexity index is 792. The van der Waals surface area contributed by atoms with Gasteiger partial charge < -0.3 is 0 Å². The van der Waals surface area contributed by atoms with Crippen LogP contribution in [-0.2, 0) is 18.3 Å². The first-order valence-corrected chi connectivity index (χ1v) is 8.45. The summed E-state index contributed by atoms with van der Waals surface area (Å²) in [6, 6.07) is 7.41. The van der Waals surface area contributed by atoms with Gasteiger partial charge >= 0.3 is 6.18 Å². The molecule has 0 spiro atoms. The topological polar surface area (TPSA) is 36.7 Å². The van der Waals surface area contributed by atoms with Crippen LogP contribution in [0.5, 0.6) is 0 Å². The number of benzene rings is 1. The lowest BCUT2D eigenvalue weighted by Gasteiger charge is -2.13. The van der Waals surface area contributed by atoms with Crippen LogP contribution in [0.3, 0.4) is 0 Å². The van der Waals surface area contributed by atoms with Gasteiger partial charge in [0.1, 0.15) is 11.1 Å². The Balaban J connectivity index is 2.29. The maximum absolute atomic E-state index is 12.8. The molecule has 1 heterocycles. The lowest BCUT2D eigenvalue weighted by molar-refractivity contribution is -0.137. The van der Waals surface area contributed by atoms with E-state index >= 15 is 0 Å². The second-order valence-corrected chi connectivity index (χ2v) is 6.40. The number of aryl methyl sites for hydroxylation is 1. The lowest BCUT2D eigenvalue weighted by atomic mass is 10.0. The van der Waals surface area contributed by atoms with Crippen LogP contribution in [0.4, 0.5) is 13.2 Å². The Labute approximate surface area is 143 Å². The Hall–Kier alpha value is -2.00. The average Bonchev–Trinajstić information content (AvgIpc) is 2.52. The second-order valence-electron chi connectivity index (χ2n) is 5.43. The molecule has 2 aromatic rings. The number of aromatic nitrogens is 1. The molecule has 24 heavy (non-hydrogen) atoms. The van der Waals surface area contributed by atoms with E-state index in [1.807, 2.05) is 20.8 Å². The van der Waals surface area contributed by atoms with Gasteiger partial charge in [-0.05, 0) is 43.0 Å². The van der Waals surface area contributed by atoms with Crippen molar-refractivity contribution in [3.8, 4) is 6.07 Å². The second kappa shape index (κ2) is 7.27. The molecule has 6 heteroatoms. The van der Waals surface area contributed by atoms with E-state index in [1.165, 1.54) is 17.8 Å². The molecule has 126 valence electrons. The van der Waals surface area contributed by atoms with Crippen LogP contribution in [0.2, 0.25) is 0 Å². The van der Waals surface area contributed by atoms with Crippen molar-refractivity contribution in [2.24, 2.45) is 0 Å². The van der Waals surface area contributed by atoms with Crippen LogP contribution in [0, 0.1) is 25.2 Å². The van der Waals surface area contributed by atoms with Gasteiger partial charge in [-0.2, -0.15) is 18.4 Å². The van der Waals surface area contributed by atoms with Crippen LogP contribution in [-0.4, -0.2) is 4.98 Å². The molecule has 2 rings (SSSR count). The highest BCUT2D eigenvalue weighted by Gasteiger charge is 2.30. The fourth-order valence-corrected chi connectivity index (χ4v) is 3.63. The standard InChI is InChI=1S/C18H17F3N2S/c1-4-15-11(2)16(9-22)17(23-12(15)3)24-10-13-6-5-7-14(8-13)18(19,20)21/h5-8H,4,10H2,1-3H3. The molecule has 0 atom stereocenters. The molecule has 0 unspecified atom stereocenters. The predicted octanol–water partition coefficient (Wildman–Crippen LogP) is 5.44. The van der Waals surface area contributed by atoms with E-state index in [4.69, 9.17) is 0 Å². The maximum Gasteiger partial charge on any atom is 0.416 e. The molecule has 0 radical (unpaired) electrons. The van der Waals surface area contributed by atoms with Crippen molar-refractivity contribution in [1.82, 2.24) is 4.98 Å². The first-order valence-electron chi connectivity index (χ1n) is 7.47. The minimum Gasteiger partial charge on any atom is -0.245 e. The number of nitriles is 1. The van der Waals surface area contributed by atoms with Crippen LogP contribution in [0.1, 0.15) is 40.4 Å². The molecule has 0 aliphatic rings. The van der Waals surface area contributed by atoms with Crippen LogP contribution in [0.25, 0.3) is 0 Å². The molecule has 0 aliphatic carbocycles. The number of alkyl halides is 3. The monoisotopic (exact) mass is 350 g/mol. The number of hydrogen-bond acceptors (Lipinski definition) is 3. The summed E-state index contributed by atoms with van der Waals surface area (Å²) in [5.74, 6) is 0.329. The Morgan fingerprint density at radius 2 is 1.96 bits per heavy atom. The minimum atomic E-state index is -4.35. The van der Waals surface area contributed by atoms with E-state index < -0.39 is 11.7 Å². The van der Waals surface area contributed by atoms with Crippen molar-refractivity contribution in [3.63, 3.8) is 0 Å².